The molecule has 0 saturated heterocycles. The van der Waals surface area contributed by atoms with Crippen LogP contribution in [0.3, 0.4) is 0 Å². The second-order valence-corrected chi connectivity index (χ2v) is 3.83. The number of hydrogen-bond donors (Lipinski definition) is 1. The predicted octanol–water partition coefficient (Wildman–Crippen LogP) is 2.19. The Balaban J connectivity index is 2.13. The van der Waals surface area contributed by atoms with Crippen LogP contribution in [0.1, 0.15) is 18.6 Å². The molecule has 1 atom stereocenters. The summed E-state index contributed by atoms with van der Waals surface area (Å²) < 4.78 is 5.50. The fraction of sp³-hybridized carbons (Fsp3) is 0.214. The number of aromatic nitrogens is 2. The lowest BCUT2D eigenvalue weighted by Crippen LogP contribution is -2.24. The highest BCUT2D eigenvalue weighted by Gasteiger charge is 2.21. The Labute approximate surface area is 111 Å². The Hall–Kier alpha value is -2.27. The molecule has 1 aromatic heterocycles. The summed E-state index contributed by atoms with van der Waals surface area (Å²) in [5, 5.41) is 2.69. The second-order valence-electron chi connectivity index (χ2n) is 3.83. The third-order valence-corrected chi connectivity index (χ3v) is 2.49. The van der Waals surface area contributed by atoms with Gasteiger partial charge in [-0.3, -0.25) is 9.78 Å². The van der Waals surface area contributed by atoms with Gasteiger partial charge in [0.05, 0.1) is 6.20 Å². The Morgan fingerprint density at radius 3 is 2.74 bits per heavy atom. The van der Waals surface area contributed by atoms with Gasteiger partial charge in [0.15, 0.2) is 11.9 Å². The van der Waals surface area contributed by atoms with Crippen LogP contribution < -0.4 is 5.32 Å². The lowest BCUT2D eigenvalue weighted by Gasteiger charge is -2.16. The summed E-state index contributed by atoms with van der Waals surface area (Å²) in [6, 6.07) is 9.36. The molecule has 5 heteroatoms. The van der Waals surface area contributed by atoms with Gasteiger partial charge in [0.25, 0.3) is 5.91 Å². The topological polar surface area (TPSA) is 64.1 Å². The van der Waals surface area contributed by atoms with Crippen molar-refractivity contribution in [3.05, 3.63) is 54.5 Å². The van der Waals surface area contributed by atoms with Gasteiger partial charge in [0.1, 0.15) is 0 Å². The first-order valence-electron chi connectivity index (χ1n) is 6.04. The smallest absolute Gasteiger partial charge is 0.259 e. The lowest BCUT2D eigenvalue weighted by molar-refractivity contribution is -0.127. The molecule has 2 aromatic rings. The molecule has 1 heterocycles. The number of amides is 1. The highest BCUT2D eigenvalue weighted by Crippen LogP contribution is 2.18. The van der Waals surface area contributed by atoms with Gasteiger partial charge in [0, 0.05) is 19.0 Å². The van der Waals surface area contributed by atoms with E-state index in [0.717, 1.165) is 5.56 Å². The van der Waals surface area contributed by atoms with Crippen molar-refractivity contribution < 1.29 is 9.53 Å². The highest BCUT2D eigenvalue weighted by molar-refractivity contribution is 5.93. The molecular weight excluding hydrogens is 242 g/mol. The van der Waals surface area contributed by atoms with Crippen molar-refractivity contribution in [1.29, 1.82) is 0 Å². The number of benzene rings is 1. The molecule has 1 N–H and O–H groups in total. The summed E-state index contributed by atoms with van der Waals surface area (Å²) in [6.07, 6.45) is 3.92. The molecule has 0 aliphatic carbocycles. The third kappa shape index (κ3) is 3.59. The Morgan fingerprint density at radius 2 is 2.11 bits per heavy atom. The Bertz CT molecular complexity index is 517. The maximum Gasteiger partial charge on any atom is 0.259 e. The van der Waals surface area contributed by atoms with Gasteiger partial charge in [-0.2, -0.15) is 0 Å². The molecule has 0 fully saturated rings. The van der Waals surface area contributed by atoms with Gasteiger partial charge in [-0.25, -0.2) is 4.98 Å². The van der Waals surface area contributed by atoms with E-state index in [1.807, 2.05) is 37.3 Å². The summed E-state index contributed by atoms with van der Waals surface area (Å²) in [7, 11) is 0. The van der Waals surface area contributed by atoms with E-state index in [-0.39, 0.29) is 5.91 Å². The minimum atomic E-state index is -0.645. The normalized spacial score (nSPS) is 11.8. The molecule has 1 aromatic carbocycles. The molecule has 0 saturated carbocycles. The van der Waals surface area contributed by atoms with E-state index >= 15 is 0 Å². The number of hydrogen-bond acceptors (Lipinski definition) is 4. The number of carbonyl (C=O) groups is 1. The second kappa shape index (κ2) is 6.61. The van der Waals surface area contributed by atoms with Crippen LogP contribution in [-0.4, -0.2) is 22.5 Å². The van der Waals surface area contributed by atoms with Crippen LogP contribution in [0.15, 0.2) is 48.9 Å². The van der Waals surface area contributed by atoms with Crippen molar-refractivity contribution in [2.75, 3.05) is 11.9 Å². The maximum absolute atomic E-state index is 12.2. The summed E-state index contributed by atoms with van der Waals surface area (Å²) in [6.45, 7) is 2.30. The number of ether oxygens (including phenoxy) is 1. The zero-order valence-corrected chi connectivity index (χ0v) is 10.6. The minimum absolute atomic E-state index is 0.256. The van der Waals surface area contributed by atoms with Crippen molar-refractivity contribution in [1.82, 2.24) is 9.97 Å². The monoisotopic (exact) mass is 257 g/mol. The molecule has 0 unspecified atom stereocenters. The van der Waals surface area contributed by atoms with Crippen LogP contribution >= 0.6 is 0 Å². The number of anilines is 1. The SMILES string of the molecule is CCO[C@H](C(=O)Nc1cnccn1)c1ccccc1. The first kappa shape index (κ1) is 13.2. The molecule has 19 heavy (non-hydrogen) atoms. The maximum atomic E-state index is 12.2. The molecule has 5 nitrogen and oxygen atoms in total. The van der Waals surface area contributed by atoms with Crippen molar-refractivity contribution in [2.24, 2.45) is 0 Å². The lowest BCUT2D eigenvalue weighted by atomic mass is 10.1. The average Bonchev–Trinajstić information content (AvgIpc) is 2.46. The summed E-state index contributed by atoms with van der Waals surface area (Å²) in [4.78, 5) is 20.1. The van der Waals surface area contributed by atoms with Gasteiger partial charge < -0.3 is 10.1 Å². The van der Waals surface area contributed by atoms with E-state index in [0.29, 0.717) is 12.4 Å². The highest BCUT2D eigenvalue weighted by atomic mass is 16.5. The molecule has 1 amide bonds. The minimum Gasteiger partial charge on any atom is -0.364 e. The average molecular weight is 257 g/mol. The van der Waals surface area contributed by atoms with Crippen LogP contribution in [0.2, 0.25) is 0 Å². The Kier molecular flexibility index (Phi) is 4.58. The first-order chi connectivity index (χ1) is 9.31. The van der Waals surface area contributed by atoms with Gasteiger partial charge >= 0.3 is 0 Å². The number of nitrogens with zero attached hydrogens (tertiary/aromatic N) is 2. The number of rotatable bonds is 5. The summed E-state index contributed by atoms with van der Waals surface area (Å²) >= 11 is 0. The fourth-order valence-corrected chi connectivity index (χ4v) is 1.67. The zero-order chi connectivity index (χ0) is 13.5. The molecule has 2 rings (SSSR count). The number of carbonyl (C=O) groups excluding carboxylic acids is 1. The van der Waals surface area contributed by atoms with Crippen molar-refractivity contribution in [3.8, 4) is 0 Å². The van der Waals surface area contributed by atoms with E-state index in [2.05, 4.69) is 15.3 Å². The van der Waals surface area contributed by atoms with Crippen LogP contribution in [0.4, 0.5) is 5.82 Å². The predicted molar refractivity (Wildman–Crippen MR) is 71.5 cm³/mol. The van der Waals surface area contributed by atoms with Crippen molar-refractivity contribution in [2.45, 2.75) is 13.0 Å². The van der Waals surface area contributed by atoms with Crippen molar-refractivity contribution in [3.63, 3.8) is 0 Å². The molecule has 98 valence electrons. The molecule has 0 bridgehead atoms. The first-order valence-corrected chi connectivity index (χ1v) is 6.04. The summed E-state index contributed by atoms with van der Waals surface area (Å²) in [5.41, 5.74) is 0.811. The fourth-order valence-electron chi connectivity index (χ4n) is 1.67. The van der Waals surface area contributed by atoms with E-state index in [1.165, 1.54) is 12.4 Å². The molecule has 0 aliphatic rings. The van der Waals surface area contributed by atoms with E-state index in [1.54, 1.807) is 6.20 Å². The van der Waals surface area contributed by atoms with Crippen molar-refractivity contribution >= 4 is 11.7 Å². The summed E-state index contributed by atoms with van der Waals surface area (Å²) in [5.74, 6) is 0.154. The molecule has 0 radical (unpaired) electrons. The molecule has 0 aliphatic heterocycles. The van der Waals surface area contributed by atoms with Gasteiger partial charge in [-0.05, 0) is 12.5 Å². The van der Waals surface area contributed by atoms with E-state index in [9.17, 15) is 4.79 Å². The van der Waals surface area contributed by atoms with E-state index in [4.69, 9.17) is 4.74 Å². The quantitative estimate of drug-likeness (QED) is 0.891. The van der Waals surface area contributed by atoms with Crippen LogP contribution in [0, 0.1) is 0 Å². The Morgan fingerprint density at radius 1 is 1.32 bits per heavy atom. The standard InChI is InChI=1S/C14H15N3O2/c1-2-19-13(11-6-4-3-5-7-11)14(18)17-12-10-15-8-9-16-12/h3-10,13H,2H2,1H3,(H,16,17,18)/t13-/m0/s1. The van der Waals surface area contributed by atoms with Gasteiger partial charge in [-0.1, -0.05) is 30.3 Å². The largest absolute Gasteiger partial charge is 0.364 e. The molecule has 0 spiro atoms. The number of nitrogens with one attached hydrogen (secondary N) is 1. The van der Waals surface area contributed by atoms with E-state index < -0.39 is 6.10 Å². The van der Waals surface area contributed by atoms with Gasteiger partial charge in [0.2, 0.25) is 0 Å². The van der Waals surface area contributed by atoms with Crippen LogP contribution in [0.25, 0.3) is 0 Å². The van der Waals surface area contributed by atoms with Crippen LogP contribution in [-0.2, 0) is 9.53 Å². The van der Waals surface area contributed by atoms with Crippen LogP contribution in [0.5, 0.6) is 0 Å². The van der Waals surface area contributed by atoms with Gasteiger partial charge in [-0.15, -0.1) is 0 Å². The third-order valence-electron chi connectivity index (χ3n) is 2.49. The molecular formula is C14H15N3O2. The zero-order valence-electron chi connectivity index (χ0n) is 10.6.